The number of hydrogen-bond acceptors (Lipinski definition) is 3. The monoisotopic (exact) mass is 276 g/mol. The summed E-state index contributed by atoms with van der Waals surface area (Å²) in [5.74, 6) is -1.32. The van der Waals surface area contributed by atoms with Crippen molar-refractivity contribution in [3.8, 4) is 22.6 Å². The van der Waals surface area contributed by atoms with E-state index in [9.17, 15) is 14.3 Å². The largest absolute Gasteiger partial charge is 0.496 e. The van der Waals surface area contributed by atoms with Crippen LogP contribution in [0.25, 0.3) is 11.1 Å². The van der Waals surface area contributed by atoms with E-state index in [0.717, 1.165) is 6.07 Å². The topological polar surface area (TPSA) is 55.8 Å². The lowest BCUT2D eigenvalue weighted by atomic mass is 9.97. The number of carboxylic acids is 1. The summed E-state index contributed by atoms with van der Waals surface area (Å²) >= 11 is 0. The molecule has 0 aromatic heterocycles. The summed E-state index contributed by atoms with van der Waals surface area (Å²) in [6.45, 7) is 0. The standard InChI is InChI=1S/C15H13FO4/c1-19-11-7-4-8-12(20-2)14(11)9-5-3-6-10(16)13(9)15(17)18/h3-8H,1-2H3,(H,17,18). The first-order valence-corrected chi connectivity index (χ1v) is 5.83. The number of methoxy groups -OCH3 is 2. The van der Waals surface area contributed by atoms with Crippen LogP contribution in [-0.4, -0.2) is 25.3 Å². The molecule has 0 heterocycles. The molecule has 5 heteroatoms. The number of benzene rings is 2. The number of rotatable bonds is 4. The third kappa shape index (κ3) is 2.30. The molecule has 20 heavy (non-hydrogen) atoms. The first-order valence-electron chi connectivity index (χ1n) is 5.83. The van der Waals surface area contributed by atoms with Gasteiger partial charge in [-0.2, -0.15) is 0 Å². The molecule has 4 nitrogen and oxygen atoms in total. The molecule has 0 bridgehead atoms. The Morgan fingerprint density at radius 2 is 1.60 bits per heavy atom. The highest BCUT2D eigenvalue weighted by Gasteiger charge is 2.22. The van der Waals surface area contributed by atoms with Crippen LogP contribution >= 0.6 is 0 Å². The number of halogens is 1. The summed E-state index contributed by atoms with van der Waals surface area (Å²) in [7, 11) is 2.91. The van der Waals surface area contributed by atoms with Crippen LogP contribution in [0.4, 0.5) is 4.39 Å². The van der Waals surface area contributed by atoms with Crippen molar-refractivity contribution in [2.45, 2.75) is 0 Å². The van der Waals surface area contributed by atoms with Crippen molar-refractivity contribution in [2.24, 2.45) is 0 Å². The molecule has 0 atom stereocenters. The second-order valence-corrected chi connectivity index (χ2v) is 4.01. The van der Waals surface area contributed by atoms with Gasteiger partial charge in [-0.15, -0.1) is 0 Å². The minimum absolute atomic E-state index is 0.215. The Bertz CT molecular complexity index is 630. The fraction of sp³-hybridized carbons (Fsp3) is 0.133. The molecule has 0 amide bonds. The summed E-state index contributed by atoms with van der Waals surface area (Å²) in [5.41, 5.74) is 0.219. The highest BCUT2D eigenvalue weighted by Crippen LogP contribution is 2.40. The van der Waals surface area contributed by atoms with E-state index in [1.807, 2.05) is 0 Å². The molecule has 1 N–H and O–H groups in total. The quantitative estimate of drug-likeness (QED) is 0.931. The van der Waals surface area contributed by atoms with E-state index in [1.165, 1.54) is 26.4 Å². The van der Waals surface area contributed by atoms with E-state index in [2.05, 4.69) is 0 Å². The van der Waals surface area contributed by atoms with Gasteiger partial charge >= 0.3 is 5.97 Å². The summed E-state index contributed by atoms with van der Waals surface area (Å²) in [6.07, 6.45) is 0. The second-order valence-electron chi connectivity index (χ2n) is 4.01. The lowest BCUT2D eigenvalue weighted by Gasteiger charge is -2.15. The van der Waals surface area contributed by atoms with E-state index in [4.69, 9.17) is 9.47 Å². The molecule has 0 saturated carbocycles. The number of aromatic carboxylic acids is 1. The van der Waals surface area contributed by atoms with Gasteiger partial charge in [0.25, 0.3) is 0 Å². The minimum Gasteiger partial charge on any atom is -0.496 e. The molecule has 0 spiro atoms. The van der Waals surface area contributed by atoms with Gasteiger partial charge in [-0.25, -0.2) is 9.18 Å². The van der Waals surface area contributed by atoms with E-state index in [-0.39, 0.29) is 5.56 Å². The maximum Gasteiger partial charge on any atom is 0.339 e. The summed E-state index contributed by atoms with van der Waals surface area (Å²) in [4.78, 5) is 11.3. The van der Waals surface area contributed by atoms with Gasteiger partial charge in [-0.05, 0) is 18.2 Å². The zero-order valence-electron chi connectivity index (χ0n) is 11.0. The van der Waals surface area contributed by atoms with Crippen molar-refractivity contribution in [2.75, 3.05) is 14.2 Å². The number of ether oxygens (including phenoxy) is 2. The Morgan fingerprint density at radius 1 is 1.05 bits per heavy atom. The van der Waals surface area contributed by atoms with E-state index < -0.39 is 17.3 Å². The lowest BCUT2D eigenvalue weighted by Crippen LogP contribution is -2.05. The van der Waals surface area contributed by atoms with Gasteiger partial charge in [0.15, 0.2) is 0 Å². The Morgan fingerprint density at radius 3 is 2.10 bits per heavy atom. The van der Waals surface area contributed by atoms with Gasteiger partial charge in [0, 0.05) is 5.56 Å². The Hall–Kier alpha value is -2.56. The van der Waals surface area contributed by atoms with Crippen LogP contribution in [0.15, 0.2) is 36.4 Å². The van der Waals surface area contributed by atoms with Gasteiger partial charge in [0.1, 0.15) is 22.9 Å². The van der Waals surface area contributed by atoms with Crippen LogP contribution in [0.3, 0.4) is 0 Å². The van der Waals surface area contributed by atoms with Crippen molar-refractivity contribution in [3.05, 3.63) is 47.8 Å². The molecule has 0 aliphatic carbocycles. The van der Waals surface area contributed by atoms with E-state index in [0.29, 0.717) is 17.1 Å². The third-order valence-corrected chi connectivity index (χ3v) is 2.92. The molecular formula is C15H13FO4. The smallest absolute Gasteiger partial charge is 0.339 e. The van der Waals surface area contributed by atoms with Crippen molar-refractivity contribution in [1.29, 1.82) is 0 Å². The van der Waals surface area contributed by atoms with Crippen LogP contribution in [0.5, 0.6) is 11.5 Å². The van der Waals surface area contributed by atoms with Crippen molar-refractivity contribution in [1.82, 2.24) is 0 Å². The van der Waals surface area contributed by atoms with Gasteiger partial charge in [-0.1, -0.05) is 18.2 Å². The molecule has 2 aromatic carbocycles. The molecule has 0 aliphatic rings. The van der Waals surface area contributed by atoms with Crippen molar-refractivity contribution in [3.63, 3.8) is 0 Å². The average molecular weight is 276 g/mol. The Kier molecular flexibility index (Phi) is 3.89. The van der Waals surface area contributed by atoms with Gasteiger partial charge in [0.2, 0.25) is 0 Å². The first-order chi connectivity index (χ1) is 9.60. The predicted molar refractivity (Wildman–Crippen MR) is 71.9 cm³/mol. The van der Waals surface area contributed by atoms with Crippen LogP contribution < -0.4 is 9.47 Å². The van der Waals surface area contributed by atoms with Crippen LogP contribution in [-0.2, 0) is 0 Å². The fourth-order valence-corrected chi connectivity index (χ4v) is 2.07. The van der Waals surface area contributed by atoms with Crippen molar-refractivity contribution < 1.29 is 23.8 Å². The summed E-state index contributed by atoms with van der Waals surface area (Å²) < 4.78 is 24.2. The molecule has 0 saturated heterocycles. The number of hydrogen-bond donors (Lipinski definition) is 1. The molecule has 2 rings (SSSR count). The molecular weight excluding hydrogens is 263 g/mol. The third-order valence-electron chi connectivity index (χ3n) is 2.92. The van der Waals surface area contributed by atoms with Crippen LogP contribution in [0, 0.1) is 5.82 Å². The van der Waals surface area contributed by atoms with Gasteiger partial charge < -0.3 is 14.6 Å². The molecule has 104 valence electrons. The zero-order valence-corrected chi connectivity index (χ0v) is 11.0. The van der Waals surface area contributed by atoms with E-state index in [1.54, 1.807) is 18.2 Å². The molecule has 0 fully saturated rings. The van der Waals surface area contributed by atoms with Gasteiger partial charge in [-0.3, -0.25) is 0 Å². The molecule has 2 aromatic rings. The second kappa shape index (κ2) is 5.61. The van der Waals surface area contributed by atoms with E-state index >= 15 is 0 Å². The first kappa shape index (κ1) is 13.9. The van der Waals surface area contributed by atoms with Gasteiger partial charge in [0.05, 0.1) is 19.8 Å². The molecule has 0 radical (unpaired) electrons. The fourth-order valence-electron chi connectivity index (χ4n) is 2.07. The summed E-state index contributed by atoms with van der Waals surface area (Å²) in [6, 6.07) is 9.11. The Labute approximate surface area is 115 Å². The highest BCUT2D eigenvalue weighted by atomic mass is 19.1. The minimum atomic E-state index is -1.34. The normalized spacial score (nSPS) is 10.2. The predicted octanol–water partition coefficient (Wildman–Crippen LogP) is 3.21. The lowest BCUT2D eigenvalue weighted by molar-refractivity contribution is 0.0693. The van der Waals surface area contributed by atoms with Crippen LogP contribution in [0.2, 0.25) is 0 Å². The maximum atomic E-state index is 13.8. The SMILES string of the molecule is COc1cccc(OC)c1-c1cccc(F)c1C(=O)O. The summed E-state index contributed by atoms with van der Waals surface area (Å²) in [5, 5.41) is 9.21. The average Bonchev–Trinajstić information content (AvgIpc) is 2.45. The molecule has 0 unspecified atom stereocenters. The Balaban J connectivity index is 2.81. The number of carboxylic acid groups (broad SMARTS) is 1. The highest BCUT2D eigenvalue weighted by molar-refractivity contribution is 5.98. The number of carbonyl (C=O) groups is 1. The maximum absolute atomic E-state index is 13.8. The van der Waals surface area contributed by atoms with Crippen LogP contribution in [0.1, 0.15) is 10.4 Å². The zero-order chi connectivity index (χ0) is 14.7. The molecule has 0 aliphatic heterocycles. The van der Waals surface area contributed by atoms with Crippen molar-refractivity contribution >= 4 is 5.97 Å².